The summed E-state index contributed by atoms with van der Waals surface area (Å²) in [5.41, 5.74) is 0.655. The van der Waals surface area contributed by atoms with E-state index in [0.29, 0.717) is 24.5 Å². The summed E-state index contributed by atoms with van der Waals surface area (Å²) in [5.74, 6) is 0.277. The molecular weight excluding hydrogens is 376 g/mol. The first kappa shape index (κ1) is 19.6. The van der Waals surface area contributed by atoms with E-state index < -0.39 is 10.0 Å². The summed E-state index contributed by atoms with van der Waals surface area (Å²) in [4.78, 5) is 17.2. The van der Waals surface area contributed by atoms with Crippen molar-refractivity contribution >= 4 is 21.8 Å². The van der Waals surface area contributed by atoms with E-state index in [-0.39, 0.29) is 17.2 Å². The smallest absolute Gasteiger partial charge is 0.256 e. The lowest BCUT2D eigenvalue weighted by molar-refractivity contribution is -0.118. The van der Waals surface area contributed by atoms with Crippen LogP contribution in [-0.2, 0) is 14.8 Å². The second-order valence-electron chi connectivity index (χ2n) is 8.36. The average Bonchev–Trinajstić information content (AvgIpc) is 2.72. The van der Waals surface area contributed by atoms with Crippen LogP contribution in [0.15, 0.2) is 28.3 Å². The maximum atomic E-state index is 12.8. The highest BCUT2D eigenvalue weighted by Crippen LogP contribution is 2.35. The van der Waals surface area contributed by atoms with Gasteiger partial charge < -0.3 is 10.2 Å². The molecule has 7 nitrogen and oxygen atoms in total. The Balaban J connectivity index is 1.43. The van der Waals surface area contributed by atoms with Crippen LogP contribution in [0.3, 0.4) is 0 Å². The van der Waals surface area contributed by atoms with E-state index in [1.54, 1.807) is 23.3 Å². The van der Waals surface area contributed by atoms with Crippen molar-refractivity contribution in [1.82, 2.24) is 15.1 Å². The average molecular weight is 407 g/mol. The number of fused-ring (bicyclic) bond motifs is 1. The first-order chi connectivity index (χ1) is 13.5. The van der Waals surface area contributed by atoms with Crippen molar-refractivity contribution in [2.45, 2.75) is 56.9 Å². The SMILES string of the molecule is O=C(NCC1(N2CCCCC2)CCCCC1)C1=CN2CCS(=O)(=O)N=C2C=C1. The second-order valence-corrected chi connectivity index (χ2v) is 10.1. The van der Waals surface area contributed by atoms with E-state index in [1.165, 1.54) is 38.5 Å². The molecule has 1 aliphatic carbocycles. The van der Waals surface area contributed by atoms with Gasteiger partial charge in [0.1, 0.15) is 5.84 Å². The predicted octanol–water partition coefficient (Wildman–Crippen LogP) is 1.79. The fourth-order valence-electron chi connectivity index (χ4n) is 4.87. The molecule has 0 atom stereocenters. The number of amides is 1. The highest BCUT2D eigenvalue weighted by molar-refractivity contribution is 7.90. The number of hydrogen-bond donors (Lipinski definition) is 1. The molecule has 0 aromatic carbocycles. The molecule has 1 N–H and O–H groups in total. The van der Waals surface area contributed by atoms with E-state index in [1.807, 2.05) is 0 Å². The van der Waals surface area contributed by atoms with Crippen molar-refractivity contribution in [2.24, 2.45) is 4.40 Å². The van der Waals surface area contributed by atoms with Crippen LogP contribution in [0.1, 0.15) is 51.4 Å². The molecule has 0 aromatic rings. The normalized spacial score (nSPS) is 26.8. The van der Waals surface area contributed by atoms with Gasteiger partial charge >= 0.3 is 0 Å². The minimum absolute atomic E-state index is 0.0200. The first-order valence-electron chi connectivity index (χ1n) is 10.5. The molecule has 3 heterocycles. The quantitative estimate of drug-likeness (QED) is 0.770. The largest absolute Gasteiger partial charge is 0.350 e. The molecule has 28 heavy (non-hydrogen) atoms. The summed E-state index contributed by atoms with van der Waals surface area (Å²) in [6.45, 7) is 3.30. The fourth-order valence-corrected chi connectivity index (χ4v) is 5.83. The summed E-state index contributed by atoms with van der Waals surface area (Å²) in [6.07, 6.45) is 14.9. The van der Waals surface area contributed by atoms with Crippen molar-refractivity contribution < 1.29 is 13.2 Å². The maximum absolute atomic E-state index is 12.8. The van der Waals surface area contributed by atoms with Gasteiger partial charge in [-0.2, -0.15) is 0 Å². The zero-order valence-corrected chi connectivity index (χ0v) is 17.2. The number of nitrogens with zero attached hydrogens (tertiary/aromatic N) is 3. The molecule has 4 aliphatic rings. The highest BCUT2D eigenvalue weighted by atomic mass is 32.2. The zero-order chi connectivity index (χ0) is 19.6. The number of amidine groups is 1. The monoisotopic (exact) mass is 406 g/mol. The Bertz CT molecular complexity index is 803. The number of nitrogens with one attached hydrogen (secondary N) is 1. The Morgan fingerprint density at radius 3 is 2.50 bits per heavy atom. The maximum Gasteiger partial charge on any atom is 0.256 e. The molecule has 0 radical (unpaired) electrons. The van der Waals surface area contributed by atoms with Crippen molar-refractivity contribution in [3.8, 4) is 0 Å². The number of rotatable bonds is 4. The first-order valence-corrected chi connectivity index (χ1v) is 12.1. The Kier molecular flexibility index (Phi) is 5.60. The molecule has 154 valence electrons. The van der Waals surface area contributed by atoms with Crippen LogP contribution in [0.5, 0.6) is 0 Å². The third kappa shape index (κ3) is 4.17. The lowest BCUT2D eigenvalue weighted by atomic mass is 9.79. The van der Waals surface area contributed by atoms with Crippen molar-refractivity contribution in [3.05, 3.63) is 23.9 Å². The molecule has 1 amide bonds. The summed E-state index contributed by atoms with van der Waals surface area (Å²) in [5, 5.41) is 3.19. The molecule has 3 aliphatic heterocycles. The summed E-state index contributed by atoms with van der Waals surface area (Å²) in [7, 11) is -3.38. The third-order valence-electron chi connectivity index (χ3n) is 6.48. The lowest BCUT2D eigenvalue weighted by Crippen LogP contribution is -2.58. The summed E-state index contributed by atoms with van der Waals surface area (Å²) < 4.78 is 27.0. The molecule has 0 bridgehead atoms. The summed E-state index contributed by atoms with van der Waals surface area (Å²) >= 11 is 0. The summed E-state index contributed by atoms with van der Waals surface area (Å²) in [6, 6.07) is 0. The molecule has 0 aromatic heterocycles. The van der Waals surface area contributed by atoms with Crippen molar-refractivity contribution in [2.75, 3.05) is 31.9 Å². The molecule has 2 fully saturated rings. The fraction of sp³-hybridized carbons (Fsp3) is 0.700. The van der Waals surface area contributed by atoms with Gasteiger partial charge in [0.2, 0.25) is 0 Å². The molecule has 8 heteroatoms. The van der Waals surface area contributed by atoms with Gasteiger partial charge in [0.15, 0.2) is 0 Å². The Hall–Kier alpha value is -1.67. The Morgan fingerprint density at radius 2 is 1.75 bits per heavy atom. The zero-order valence-electron chi connectivity index (χ0n) is 16.4. The second kappa shape index (κ2) is 7.99. The minimum atomic E-state index is -3.38. The standard InChI is InChI=1S/C20H30N4O3S/c25-19(17-7-8-18-22-28(26,27)14-13-23(18)15-17)21-16-20(9-3-1-4-10-20)24-11-5-2-6-12-24/h7-8,15H,1-6,9-14,16H2,(H,21,25). The third-order valence-corrected chi connectivity index (χ3v) is 7.64. The molecule has 1 saturated carbocycles. The predicted molar refractivity (Wildman–Crippen MR) is 109 cm³/mol. The van der Waals surface area contributed by atoms with E-state index in [9.17, 15) is 13.2 Å². The Labute approximate surface area is 167 Å². The number of carbonyl (C=O) groups is 1. The van der Waals surface area contributed by atoms with Crippen LogP contribution < -0.4 is 5.32 Å². The number of likely N-dealkylation sites (tertiary alicyclic amines) is 1. The van der Waals surface area contributed by atoms with Gasteiger partial charge in [0.25, 0.3) is 15.9 Å². The van der Waals surface area contributed by atoms with E-state index in [4.69, 9.17) is 0 Å². The van der Waals surface area contributed by atoms with Crippen LogP contribution in [0, 0.1) is 0 Å². The van der Waals surface area contributed by atoms with Crippen molar-refractivity contribution in [1.29, 1.82) is 0 Å². The Morgan fingerprint density at radius 1 is 1.04 bits per heavy atom. The van der Waals surface area contributed by atoms with Crippen LogP contribution >= 0.6 is 0 Å². The van der Waals surface area contributed by atoms with Gasteiger partial charge in [-0.1, -0.05) is 25.7 Å². The van der Waals surface area contributed by atoms with Crippen LogP contribution in [0.2, 0.25) is 0 Å². The van der Waals surface area contributed by atoms with Gasteiger partial charge in [0.05, 0.1) is 11.3 Å². The van der Waals surface area contributed by atoms with Crippen LogP contribution in [0.4, 0.5) is 0 Å². The van der Waals surface area contributed by atoms with Crippen LogP contribution in [-0.4, -0.2) is 67.4 Å². The minimum Gasteiger partial charge on any atom is -0.350 e. The number of hydrogen-bond acceptors (Lipinski definition) is 5. The lowest BCUT2D eigenvalue weighted by Gasteiger charge is -2.48. The molecular formula is C20H30N4O3S. The molecule has 0 spiro atoms. The van der Waals surface area contributed by atoms with E-state index >= 15 is 0 Å². The molecule has 1 saturated heterocycles. The number of piperidine rings is 1. The van der Waals surface area contributed by atoms with Crippen LogP contribution in [0.25, 0.3) is 0 Å². The van der Waals surface area contributed by atoms with Gasteiger partial charge in [-0.3, -0.25) is 9.69 Å². The molecule has 4 rings (SSSR count). The highest BCUT2D eigenvalue weighted by Gasteiger charge is 2.38. The van der Waals surface area contributed by atoms with Crippen molar-refractivity contribution in [3.63, 3.8) is 0 Å². The topological polar surface area (TPSA) is 82.1 Å². The van der Waals surface area contributed by atoms with Gasteiger partial charge in [-0.15, -0.1) is 4.40 Å². The van der Waals surface area contributed by atoms with E-state index in [2.05, 4.69) is 14.6 Å². The van der Waals surface area contributed by atoms with Gasteiger partial charge in [0, 0.05) is 24.8 Å². The van der Waals surface area contributed by atoms with Gasteiger partial charge in [-0.05, 0) is 50.9 Å². The number of carbonyl (C=O) groups excluding carboxylic acids is 1. The van der Waals surface area contributed by atoms with E-state index in [0.717, 1.165) is 25.9 Å². The molecule has 0 unspecified atom stereocenters. The van der Waals surface area contributed by atoms with Gasteiger partial charge in [-0.25, -0.2) is 8.42 Å². The number of sulfonamides is 1.